The number of hydrogen-bond donors (Lipinski definition) is 2. The van der Waals surface area contributed by atoms with Gasteiger partial charge in [-0.25, -0.2) is 4.98 Å². The lowest BCUT2D eigenvalue weighted by Crippen LogP contribution is -2.47. The van der Waals surface area contributed by atoms with Crippen molar-refractivity contribution in [3.05, 3.63) is 23.9 Å². The Morgan fingerprint density at radius 2 is 2.16 bits per heavy atom. The third-order valence-electron chi connectivity index (χ3n) is 5.49. The fourth-order valence-corrected chi connectivity index (χ4v) is 3.64. The number of piperidine rings is 1. The molecular formula is C19H29N3O3. The van der Waals surface area contributed by atoms with Crippen LogP contribution in [0.15, 0.2) is 18.3 Å². The van der Waals surface area contributed by atoms with E-state index in [4.69, 9.17) is 9.84 Å². The predicted octanol–water partition coefficient (Wildman–Crippen LogP) is 1.94. The molecule has 1 aliphatic carbocycles. The van der Waals surface area contributed by atoms with E-state index in [2.05, 4.69) is 21.3 Å². The van der Waals surface area contributed by atoms with Crippen molar-refractivity contribution >= 4 is 5.97 Å². The highest BCUT2D eigenvalue weighted by Gasteiger charge is 2.36. The van der Waals surface area contributed by atoms with Crippen LogP contribution in [0, 0.1) is 5.41 Å². The summed E-state index contributed by atoms with van der Waals surface area (Å²) >= 11 is 0. The van der Waals surface area contributed by atoms with Gasteiger partial charge in [-0.05, 0) is 56.2 Å². The van der Waals surface area contributed by atoms with Crippen LogP contribution in [0.5, 0.6) is 5.88 Å². The number of carbonyl (C=O) groups is 1. The Hall–Kier alpha value is -1.66. The van der Waals surface area contributed by atoms with Crippen LogP contribution in [0.4, 0.5) is 0 Å². The summed E-state index contributed by atoms with van der Waals surface area (Å²) in [5.41, 5.74) is 1.48. The van der Waals surface area contributed by atoms with Crippen molar-refractivity contribution < 1.29 is 14.6 Å². The smallest absolute Gasteiger partial charge is 0.304 e. The molecule has 3 rings (SSSR count). The van der Waals surface area contributed by atoms with Crippen LogP contribution >= 0.6 is 0 Å². The summed E-state index contributed by atoms with van der Waals surface area (Å²) in [4.78, 5) is 17.4. The monoisotopic (exact) mass is 347 g/mol. The molecule has 2 N–H and O–H groups in total. The molecule has 25 heavy (non-hydrogen) atoms. The van der Waals surface area contributed by atoms with Crippen molar-refractivity contribution in [2.45, 2.75) is 44.6 Å². The van der Waals surface area contributed by atoms with Crippen molar-refractivity contribution in [2.24, 2.45) is 5.41 Å². The van der Waals surface area contributed by atoms with Crippen LogP contribution in [0.1, 0.15) is 37.7 Å². The standard InChI is InChI=1S/C19H29N3O3/c1-25-17-5-2-15(13-20-17)12-19(14-21-16-3-4-16)7-10-22(11-8-19)9-6-18(23)24/h2,5,13,16,21H,3-4,6-12,14H2,1H3,(H,23,24). The van der Waals surface area contributed by atoms with E-state index in [1.165, 1.54) is 18.4 Å². The summed E-state index contributed by atoms with van der Waals surface area (Å²) in [5.74, 6) is -0.0612. The van der Waals surface area contributed by atoms with E-state index in [9.17, 15) is 4.79 Å². The lowest BCUT2D eigenvalue weighted by Gasteiger charge is -2.42. The Balaban J connectivity index is 1.60. The number of aromatic nitrogens is 1. The molecule has 0 unspecified atom stereocenters. The Morgan fingerprint density at radius 3 is 2.72 bits per heavy atom. The van der Waals surface area contributed by atoms with Crippen LogP contribution in [-0.2, 0) is 11.2 Å². The number of carboxylic acids is 1. The molecular weight excluding hydrogens is 318 g/mol. The minimum Gasteiger partial charge on any atom is -0.481 e. The molecule has 0 aromatic carbocycles. The number of ether oxygens (including phenoxy) is 1. The Bertz CT molecular complexity index is 564. The fourth-order valence-electron chi connectivity index (χ4n) is 3.64. The average molecular weight is 347 g/mol. The van der Waals surface area contributed by atoms with Gasteiger partial charge in [0.25, 0.3) is 0 Å². The molecule has 1 saturated carbocycles. The van der Waals surface area contributed by atoms with Gasteiger partial charge in [-0.3, -0.25) is 4.79 Å². The fraction of sp³-hybridized carbons (Fsp3) is 0.684. The topological polar surface area (TPSA) is 74.7 Å². The summed E-state index contributed by atoms with van der Waals surface area (Å²) in [6.07, 6.45) is 7.95. The maximum atomic E-state index is 10.8. The minimum atomic E-state index is -0.712. The summed E-state index contributed by atoms with van der Waals surface area (Å²) in [6, 6.07) is 4.75. The highest BCUT2D eigenvalue weighted by molar-refractivity contribution is 5.66. The Morgan fingerprint density at radius 1 is 1.40 bits per heavy atom. The van der Waals surface area contributed by atoms with E-state index < -0.39 is 5.97 Å². The van der Waals surface area contributed by atoms with Gasteiger partial charge in [-0.15, -0.1) is 0 Å². The molecule has 1 aromatic heterocycles. The zero-order valence-electron chi connectivity index (χ0n) is 15.0. The van der Waals surface area contributed by atoms with E-state index in [-0.39, 0.29) is 11.8 Å². The van der Waals surface area contributed by atoms with Gasteiger partial charge in [-0.2, -0.15) is 0 Å². The molecule has 0 bridgehead atoms. The molecule has 0 amide bonds. The lowest BCUT2D eigenvalue weighted by molar-refractivity contribution is -0.137. The number of nitrogens with one attached hydrogen (secondary N) is 1. The van der Waals surface area contributed by atoms with Gasteiger partial charge in [0.15, 0.2) is 0 Å². The van der Waals surface area contributed by atoms with Crippen LogP contribution in [0.25, 0.3) is 0 Å². The first-order valence-electron chi connectivity index (χ1n) is 9.25. The van der Waals surface area contributed by atoms with Crippen LogP contribution in [0.2, 0.25) is 0 Å². The van der Waals surface area contributed by atoms with Gasteiger partial charge in [-0.1, -0.05) is 6.07 Å². The number of hydrogen-bond acceptors (Lipinski definition) is 5. The van der Waals surface area contributed by atoms with E-state index in [1.54, 1.807) is 7.11 Å². The van der Waals surface area contributed by atoms with Gasteiger partial charge in [0, 0.05) is 31.4 Å². The maximum absolute atomic E-state index is 10.8. The number of pyridine rings is 1. The van der Waals surface area contributed by atoms with Gasteiger partial charge >= 0.3 is 5.97 Å². The molecule has 6 nitrogen and oxygen atoms in total. The molecule has 1 aliphatic heterocycles. The van der Waals surface area contributed by atoms with Crippen molar-refractivity contribution in [2.75, 3.05) is 33.3 Å². The molecule has 1 saturated heterocycles. The van der Waals surface area contributed by atoms with Gasteiger partial charge in [0.1, 0.15) is 0 Å². The Kier molecular flexibility index (Phi) is 5.91. The maximum Gasteiger partial charge on any atom is 0.304 e. The zero-order valence-corrected chi connectivity index (χ0v) is 15.0. The molecule has 0 radical (unpaired) electrons. The molecule has 6 heteroatoms. The molecule has 2 aliphatic rings. The zero-order chi connectivity index (χ0) is 17.7. The SMILES string of the molecule is COc1ccc(CC2(CNC3CC3)CCN(CCC(=O)O)CC2)cn1. The third-order valence-corrected chi connectivity index (χ3v) is 5.49. The first-order valence-corrected chi connectivity index (χ1v) is 9.25. The molecule has 2 fully saturated rings. The van der Waals surface area contributed by atoms with Gasteiger partial charge < -0.3 is 20.1 Å². The van der Waals surface area contributed by atoms with E-state index in [0.717, 1.165) is 38.9 Å². The number of rotatable bonds is 9. The van der Waals surface area contributed by atoms with Crippen molar-refractivity contribution in [3.63, 3.8) is 0 Å². The normalized spacial score (nSPS) is 20.4. The van der Waals surface area contributed by atoms with Crippen molar-refractivity contribution in [1.82, 2.24) is 15.2 Å². The van der Waals surface area contributed by atoms with Crippen LogP contribution < -0.4 is 10.1 Å². The first-order chi connectivity index (χ1) is 12.1. The number of carboxylic acid groups (broad SMARTS) is 1. The minimum absolute atomic E-state index is 0.232. The summed E-state index contributed by atoms with van der Waals surface area (Å²) < 4.78 is 5.15. The molecule has 138 valence electrons. The highest BCUT2D eigenvalue weighted by atomic mass is 16.5. The van der Waals surface area contributed by atoms with Crippen molar-refractivity contribution in [1.29, 1.82) is 0 Å². The van der Waals surface area contributed by atoms with Crippen molar-refractivity contribution in [3.8, 4) is 5.88 Å². The second-order valence-corrected chi connectivity index (χ2v) is 7.53. The molecule has 2 heterocycles. The second kappa shape index (κ2) is 8.15. The predicted molar refractivity (Wildman–Crippen MR) is 95.9 cm³/mol. The van der Waals surface area contributed by atoms with Crippen LogP contribution in [-0.4, -0.2) is 60.3 Å². The number of likely N-dealkylation sites (tertiary alicyclic amines) is 1. The van der Waals surface area contributed by atoms with Gasteiger partial charge in [0.2, 0.25) is 5.88 Å². The lowest BCUT2D eigenvalue weighted by atomic mass is 9.73. The number of methoxy groups -OCH3 is 1. The Labute approximate surface area is 149 Å². The molecule has 1 aromatic rings. The molecule has 0 spiro atoms. The van der Waals surface area contributed by atoms with E-state index in [0.29, 0.717) is 18.5 Å². The highest BCUT2D eigenvalue weighted by Crippen LogP contribution is 2.36. The molecule has 0 atom stereocenters. The summed E-state index contributed by atoms with van der Waals surface area (Å²) in [7, 11) is 1.63. The summed E-state index contributed by atoms with van der Waals surface area (Å²) in [5, 5.41) is 12.6. The summed E-state index contributed by atoms with van der Waals surface area (Å²) in [6.45, 7) is 3.65. The number of aliphatic carboxylic acids is 1. The largest absolute Gasteiger partial charge is 0.481 e. The third kappa shape index (κ3) is 5.41. The quantitative estimate of drug-likeness (QED) is 0.711. The number of nitrogens with zero attached hydrogens (tertiary/aromatic N) is 2. The first kappa shape index (κ1) is 18.1. The van der Waals surface area contributed by atoms with E-state index in [1.807, 2.05) is 12.3 Å². The average Bonchev–Trinajstić information content (AvgIpc) is 3.45. The van der Waals surface area contributed by atoms with E-state index >= 15 is 0 Å². The van der Waals surface area contributed by atoms with Gasteiger partial charge in [0.05, 0.1) is 13.5 Å². The second-order valence-electron chi connectivity index (χ2n) is 7.53. The van der Waals surface area contributed by atoms with Crippen LogP contribution in [0.3, 0.4) is 0 Å².